The highest BCUT2D eigenvalue weighted by molar-refractivity contribution is 8.04. The van der Waals surface area contributed by atoms with Crippen molar-refractivity contribution in [1.82, 2.24) is 9.55 Å². The van der Waals surface area contributed by atoms with Gasteiger partial charge in [0.25, 0.3) is 0 Å². The van der Waals surface area contributed by atoms with Crippen LogP contribution in [0.5, 0.6) is 0 Å². The van der Waals surface area contributed by atoms with Gasteiger partial charge in [-0.15, -0.1) is 11.8 Å². The molecule has 14 nitrogen and oxygen atoms in total. The van der Waals surface area contributed by atoms with Gasteiger partial charge in [-0.05, 0) is 32.8 Å². The first-order chi connectivity index (χ1) is 23.2. The molecule has 0 amide bonds. The summed E-state index contributed by atoms with van der Waals surface area (Å²) in [5, 5.41) is 14.3. The van der Waals surface area contributed by atoms with Gasteiger partial charge in [0.2, 0.25) is 13.6 Å². The van der Waals surface area contributed by atoms with E-state index in [1.165, 1.54) is 11.8 Å². The average Bonchev–Trinajstić information content (AvgIpc) is 3.82. The Kier molecular flexibility index (Phi) is 12.2. The number of carbonyl (C=O) groups is 2. The predicted molar refractivity (Wildman–Crippen MR) is 182 cm³/mol. The third kappa shape index (κ3) is 8.91. The smallest absolute Gasteiger partial charge is 0.346 e. The van der Waals surface area contributed by atoms with E-state index >= 15 is 0 Å². The molecule has 17 heteroatoms. The van der Waals surface area contributed by atoms with Crippen LogP contribution in [0.1, 0.15) is 79.0 Å². The minimum absolute atomic E-state index is 0.0925. The first-order valence-corrected chi connectivity index (χ1v) is 19.6. The van der Waals surface area contributed by atoms with Gasteiger partial charge in [-0.25, -0.2) is 4.98 Å². The van der Waals surface area contributed by atoms with E-state index in [1.54, 1.807) is 27.7 Å². The number of hydrogen-bond acceptors (Lipinski definition) is 14. The van der Waals surface area contributed by atoms with Crippen molar-refractivity contribution >= 4 is 59.6 Å². The molecule has 1 aliphatic carbocycles. The molecule has 4 heterocycles. The van der Waals surface area contributed by atoms with Gasteiger partial charge < -0.3 is 33.6 Å². The zero-order chi connectivity index (χ0) is 35.5. The second kappa shape index (κ2) is 15.9. The molecule has 1 saturated carbocycles. The molecule has 0 spiro atoms. The maximum atomic E-state index is 13.7. The summed E-state index contributed by atoms with van der Waals surface area (Å²) in [6, 6.07) is 4.34. The predicted octanol–water partition coefficient (Wildman–Crippen LogP) is 6.56. The Labute approximate surface area is 295 Å². The molecule has 4 atom stereocenters. The highest BCUT2D eigenvalue weighted by Crippen LogP contribution is 2.52. The van der Waals surface area contributed by atoms with E-state index in [4.69, 9.17) is 44.3 Å². The lowest BCUT2D eigenvalue weighted by atomic mass is 10.1. The minimum atomic E-state index is -3.91. The van der Waals surface area contributed by atoms with Crippen LogP contribution in [0.25, 0.3) is 11.0 Å². The van der Waals surface area contributed by atoms with Crippen LogP contribution in [0.4, 0.5) is 5.69 Å². The lowest BCUT2D eigenvalue weighted by Gasteiger charge is -2.25. The molecule has 2 aromatic heterocycles. The lowest BCUT2D eigenvalue weighted by molar-refractivity contribution is -0.193. The Hall–Kier alpha value is -2.41. The minimum Gasteiger partial charge on any atom is -0.438 e. The Morgan fingerprint density at radius 3 is 2.33 bits per heavy atom. The third-order valence-electron chi connectivity index (χ3n) is 8.41. The quantitative estimate of drug-likeness (QED) is 0.0900. The highest BCUT2D eigenvalue weighted by atomic mass is 35.5. The Balaban J connectivity index is 1.32. The summed E-state index contributed by atoms with van der Waals surface area (Å²) >= 11 is 7.79. The molecule has 0 bridgehead atoms. The largest absolute Gasteiger partial charge is 0.438 e. The Morgan fingerprint density at radius 2 is 1.73 bits per heavy atom. The fraction of sp³-hybridized carbons (Fsp3) is 0.688. The number of nitrogens with one attached hydrogen (secondary N) is 1. The highest BCUT2D eigenvalue weighted by Gasteiger charge is 2.56. The van der Waals surface area contributed by atoms with Crippen LogP contribution in [0.3, 0.4) is 0 Å². The van der Waals surface area contributed by atoms with Crippen LogP contribution < -0.4 is 5.32 Å². The lowest BCUT2D eigenvalue weighted by Crippen LogP contribution is -2.31. The van der Waals surface area contributed by atoms with Crippen LogP contribution in [-0.2, 0) is 46.9 Å². The van der Waals surface area contributed by atoms with Crippen molar-refractivity contribution in [3.63, 3.8) is 0 Å². The molecule has 3 aliphatic rings. The van der Waals surface area contributed by atoms with Crippen LogP contribution in [-0.4, -0.2) is 76.5 Å². The van der Waals surface area contributed by atoms with E-state index in [2.05, 4.69) is 16.4 Å². The number of hydrogen-bond donors (Lipinski definition) is 1. The molecule has 1 N–H and O–H groups in total. The van der Waals surface area contributed by atoms with Crippen molar-refractivity contribution in [2.24, 2.45) is 11.8 Å². The van der Waals surface area contributed by atoms with E-state index in [0.29, 0.717) is 22.7 Å². The molecule has 270 valence electrons. The molecular weight excluding hydrogens is 699 g/mol. The number of halogens is 1. The average molecular weight is 743 g/mol. The number of nitriles is 1. The number of fused-ring (bicyclic) bond motifs is 2. The number of esters is 2. The van der Waals surface area contributed by atoms with Gasteiger partial charge in [0.1, 0.15) is 29.5 Å². The summed E-state index contributed by atoms with van der Waals surface area (Å²) in [5.41, 5.74) is 1.33. The summed E-state index contributed by atoms with van der Waals surface area (Å²) < 4.78 is 55.6. The molecule has 0 aromatic carbocycles. The summed E-state index contributed by atoms with van der Waals surface area (Å²) in [7, 11) is -3.91. The fourth-order valence-corrected chi connectivity index (χ4v) is 9.07. The van der Waals surface area contributed by atoms with Crippen molar-refractivity contribution in [2.45, 2.75) is 104 Å². The van der Waals surface area contributed by atoms with E-state index in [0.717, 1.165) is 31.1 Å². The molecule has 49 heavy (non-hydrogen) atoms. The number of aromatic nitrogens is 2. The number of nitrogens with zero attached hydrogens (tertiary/aromatic N) is 3. The number of pyridine rings is 1. The van der Waals surface area contributed by atoms with E-state index < -0.39 is 75.3 Å². The topological polar surface area (TPSA) is 169 Å². The van der Waals surface area contributed by atoms with Gasteiger partial charge in [0.05, 0.1) is 29.1 Å². The SMILES string of the molecule is CC(C)C(=O)OCOP(=O)(CSC[C@H]1O[C@@H](n2ccc3c(NC4CCCC4)c(C#N)c(Cl)nc32)[C@@H]2OC(C)(C)O[C@@H]21)OCOC(=O)C(C)C. The van der Waals surface area contributed by atoms with Crippen molar-refractivity contribution in [1.29, 1.82) is 5.26 Å². The monoisotopic (exact) mass is 742 g/mol. The van der Waals surface area contributed by atoms with Crippen LogP contribution in [0, 0.1) is 23.2 Å². The number of ether oxygens (including phenoxy) is 5. The molecule has 5 rings (SSSR count). The summed E-state index contributed by atoms with van der Waals surface area (Å²) in [6.07, 6.45) is 3.92. The number of rotatable bonds is 15. The number of thioether (sulfide) groups is 1. The first-order valence-electron chi connectivity index (χ1n) is 16.4. The second-order valence-corrected chi connectivity index (χ2v) is 17.2. The maximum absolute atomic E-state index is 13.7. The number of carbonyl (C=O) groups excluding carboxylic acids is 2. The number of anilines is 1. The van der Waals surface area contributed by atoms with Crippen LogP contribution in [0.15, 0.2) is 12.3 Å². The Bertz CT molecular complexity index is 1580. The standard InChI is InChI=1S/C32H44ClN4O10PS/c1-18(2)30(38)41-15-43-48(40,44-16-42-31(39)19(3)4)17-49-14-23-25-26(47-32(5,6)46-25)29(45-23)37-12-11-21-24(35-20-9-7-8-10-20)22(13-34)27(33)36-28(21)37/h11-12,18-20,23,25-26,29H,7-10,14-17H2,1-6H3,(H,35,36)/t23-,25-,26-,29-/m1/s1. The molecule has 2 aromatic rings. The normalized spacial score (nSPS) is 23.7. The van der Waals surface area contributed by atoms with Crippen molar-refractivity contribution in [3.05, 3.63) is 23.0 Å². The zero-order valence-corrected chi connectivity index (χ0v) is 31.0. The maximum Gasteiger partial charge on any atom is 0.346 e. The van der Waals surface area contributed by atoms with E-state index in [-0.39, 0.29) is 16.7 Å². The Morgan fingerprint density at radius 1 is 1.12 bits per heavy atom. The molecule has 3 fully saturated rings. The van der Waals surface area contributed by atoms with Gasteiger partial charge >= 0.3 is 19.5 Å². The van der Waals surface area contributed by atoms with Crippen LogP contribution >= 0.6 is 31.0 Å². The van der Waals surface area contributed by atoms with Gasteiger partial charge in [-0.2, -0.15) is 5.26 Å². The summed E-state index contributed by atoms with van der Waals surface area (Å²) in [5.74, 6) is -2.47. The summed E-state index contributed by atoms with van der Waals surface area (Å²) in [6.45, 7) is 9.11. The van der Waals surface area contributed by atoms with Gasteiger partial charge in [-0.3, -0.25) is 23.2 Å². The molecule has 0 radical (unpaired) electrons. The molecule has 2 aliphatic heterocycles. The van der Waals surface area contributed by atoms with Gasteiger partial charge in [0.15, 0.2) is 17.2 Å². The molecule has 0 unspecified atom stereocenters. The van der Waals surface area contributed by atoms with Crippen molar-refractivity contribution in [3.8, 4) is 6.07 Å². The van der Waals surface area contributed by atoms with E-state index in [9.17, 15) is 19.4 Å². The van der Waals surface area contributed by atoms with Gasteiger partial charge in [-0.1, -0.05) is 52.1 Å². The first kappa shape index (κ1) is 37.8. The molecule has 2 saturated heterocycles. The van der Waals surface area contributed by atoms with Gasteiger partial charge in [0, 0.05) is 23.4 Å². The fourth-order valence-electron chi connectivity index (χ4n) is 5.94. The van der Waals surface area contributed by atoms with Crippen molar-refractivity contribution in [2.75, 3.05) is 30.1 Å². The van der Waals surface area contributed by atoms with Crippen LogP contribution in [0.2, 0.25) is 5.15 Å². The summed E-state index contributed by atoms with van der Waals surface area (Å²) in [4.78, 5) is 28.5. The zero-order valence-electron chi connectivity index (χ0n) is 28.5. The van der Waals surface area contributed by atoms with E-state index in [1.807, 2.05) is 30.7 Å². The third-order valence-corrected chi connectivity index (χ3v) is 12.2. The molecular formula is C32H44ClN4O10PS. The van der Waals surface area contributed by atoms with Crippen molar-refractivity contribution < 1.29 is 46.9 Å². The second-order valence-electron chi connectivity index (χ2n) is 13.3.